The number of carbonyl (C=O) groups is 1. The van der Waals surface area contributed by atoms with Gasteiger partial charge < -0.3 is 5.32 Å². The van der Waals surface area contributed by atoms with Crippen molar-refractivity contribution >= 4 is 44.2 Å². The van der Waals surface area contributed by atoms with E-state index in [9.17, 15) is 13.2 Å². The minimum atomic E-state index is -3.87. The Bertz CT molecular complexity index is 1110. The molecular weight excluding hydrogens is 523 g/mol. The maximum atomic E-state index is 13.1. The highest BCUT2D eigenvalue weighted by Gasteiger charge is 2.26. The average molecular weight is 548 g/mol. The average Bonchev–Trinajstić information content (AvgIpc) is 2.74. The number of nitrogens with one attached hydrogen (secondary N) is 2. The fraction of sp³-hybridized carbons (Fsp3) is 0.208. The van der Waals surface area contributed by atoms with Gasteiger partial charge >= 0.3 is 0 Å². The van der Waals surface area contributed by atoms with Crippen LogP contribution in [0.3, 0.4) is 0 Å². The van der Waals surface area contributed by atoms with E-state index in [1.807, 2.05) is 54.6 Å². The van der Waals surface area contributed by atoms with Gasteiger partial charge in [0.25, 0.3) is 0 Å². The Kier molecular flexibility index (Phi) is 7.85. The third kappa shape index (κ3) is 6.62. The van der Waals surface area contributed by atoms with Crippen LogP contribution in [0, 0.1) is 3.57 Å². The van der Waals surface area contributed by atoms with Crippen LogP contribution < -0.4 is 10.0 Å². The lowest BCUT2D eigenvalue weighted by Crippen LogP contribution is -2.45. The first-order chi connectivity index (χ1) is 14.7. The summed E-state index contributed by atoms with van der Waals surface area (Å²) < 4.78 is 29.4. The smallest absolute Gasteiger partial charge is 0.242 e. The molecular formula is C24H25IN2O3S. The van der Waals surface area contributed by atoms with Gasteiger partial charge in [0.05, 0.1) is 4.90 Å². The predicted octanol–water partition coefficient (Wildman–Crippen LogP) is 4.94. The summed E-state index contributed by atoms with van der Waals surface area (Å²) in [5.74, 6) is -0.0217. The maximum Gasteiger partial charge on any atom is 0.242 e. The molecule has 0 saturated heterocycles. The zero-order valence-electron chi connectivity index (χ0n) is 17.4. The van der Waals surface area contributed by atoms with Crippen LogP contribution >= 0.6 is 22.6 Å². The third-order valence-electron chi connectivity index (χ3n) is 4.87. The van der Waals surface area contributed by atoms with Crippen LogP contribution in [0.2, 0.25) is 0 Å². The summed E-state index contributed by atoms with van der Waals surface area (Å²) in [5.41, 5.74) is 2.65. The van der Waals surface area contributed by atoms with Crippen molar-refractivity contribution in [2.75, 3.05) is 5.32 Å². The normalized spacial score (nSPS) is 12.5. The fourth-order valence-corrected chi connectivity index (χ4v) is 4.64. The molecule has 0 aliphatic heterocycles. The second-order valence-electron chi connectivity index (χ2n) is 7.58. The SMILES string of the molecule is CC(C)c1ccc(NC(=O)[C@H](Cc2ccccc2)NS(=O)(=O)c2ccc(I)cc2)cc1. The van der Waals surface area contributed by atoms with Gasteiger partial charge in [0.15, 0.2) is 0 Å². The van der Waals surface area contributed by atoms with E-state index in [4.69, 9.17) is 0 Å². The van der Waals surface area contributed by atoms with E-state index in [0.29, 0.717) is 11.6 Å². The molecule has 0 spiro atoms. The summed E-state index contributed by atoms with van der Waals surface area (Å²) in [6.07, 6.45) is 0.236. The fourth-order valence-electron chi connectivity index (χ4n) is 3.09. The van der Waals surface area contributed by atoms with Gasteiger partial charge in [-0.3, -0.25) is 4.79 Å². The van der Waals surface area contributed by atoms with E-state index in [1.165, 1.54) is 17.7 Å². The molecule has 0 radical (unpaired) electrons. The van der Waals surface area contributed by atoms with Gasteiger partial charge in [0.1, 0.15) is 6.04 Å². The minimum absolute atomic E-state index is 0.125. The van der Waals surface area contributed by atoms with Crippen molar-refractivity contribution in [1.29, 1.82) is 0 Å². The number of benzene rings is 3. The van der Waals surface area contributed by atoms with E-state index >= 15 is 0 Å². The van der Waals surface area contributed by atoms with Crippen LogP contribution in [0.25, 0.3) is 0 Å². The Morgan fingerprint density at radius 2 is 1.52 bits per heavy atom. The molecule has 162 valence electrons. The number of rotatable bonds is 8. The molecule has 1 amide bonds. The molecule has 0 aliphatic carbocycles. The lowest BCUT2D eigenvalue weighted by molar-refractivity contribution is -0.117. The zero-order valence-corrected chi connectivity index (χ0v) is 20.4. The molecule has 0 fully saturated rings. The molecule has 0 aromatic heterocycles. The Morgan fingerprint density at radius 3 is 2.10 bits per heavy atom. The maximum absolute atomic E-state index is 13.1. The lowest BCUT2D eigenvalue weighted by atomic mass is 10.0. The summed E-state index contributed by atoms with van der Waals surface area (Å²) in [6, 6.07) is 22.5. The molecule has 0 aliphatic rings. The Labute approximate surface area is 197 Å². The quantitative estimate of drug-likeness (QED) is 0.392. The summed E-state index contributed by atoms with van der Waals surface area (Å²) in [7, 11) is -3.87. The lowest BCUT2D eigenvalue weighted by Gasteiger charge is -2.19. The van der Waals surface area contributed by atoms with E-state index in [1.54, 1.807) is 12.1 Å². The Morgan fingerprint density at radius 1 is 0.903 bits per heavy atom. The van der Waals surface area contributed by atoms with Gasteiger partial charge in [0, 0.05) is 9.26 Å². The van der Waals surface area contributed by atoms with Crippen molar-refractivity contribution in [2.24, 2.45) is 0 Å². The largest absolute Gasteiger partial charge is 0.325 e. The number of hydrogen-bond acceptors (Lipinski definition) is 3. The Hall–Kier alpha value is -2.23. The van der Waals surface area contributed by atoms with Crippen LogP contribution in [-0.2, 0) is 21.2 Å². The molecule has 5 nitrogen and oxygen atoms in total. The summed E-state index contributed by atoms with van der Waals surface area (Å²) >= 11 is 2.12. The first-order valence-corrected chi connectivity index (χ1v) is 12.5. The third-order valence-corrected chi connectivity index (χ3v) is 7.07. The molecule has 0 saturated carbocycles. The summed E-state index contributed by atoms with van der Waals surface area (Å²) in [4.78, 5) is 13.2. The van der Waals surface area contributed by atoms with Gasteiger partial charge in [-0.15, -0.1) is 0 Å². The first kappa shape index (κ1) is 23.4. The first-order valence-electron chi connectivity index (χ1n) is 9.97. The van der Waals surface area contributed by atoms with Gasteiger partial charge in [-0.25, -0.2) is 8.42 Å². The van der Waals surface area contributed by atoms with Gasteiger partial charge in [0.2, 0.25) is 15.9 Å². The minimum Gasteiger partial charge on any atom is -0.325 e. The summed E-state index contributed by atoms with van der Waals surface area (Å²) in [6.45, 7) is 4.20. The van der Waals surface area contributed by atoms with E-state index in [2.05, 4.69) is 46.5 Å². The highest BCUT2D eigenvalue weighted by atomic mass is 127. The van der Waals surface area contributed by atoms with E-state index < -0.39 is 22.0 Å². The van der Waals surface area contributed by atoms with Crippen molar-refractivity contribution in [1.82, 2.24) is 4.72 Å². The van der Waals surface area contributed by atoms with Crippen molar-refractivity contribution in [3.8, 4) is 0 Å². The van der Waals surface area contributed by atoms with Crippen LogP contribution in [-0.4, -0.2) is 20.4 Å². The molecule has 3 aromatic carbocycles. The van der Waals surface area contributed by atoms with Gasteiger partial charge in [-0.2, -0.15) is 4.72 Å². The van der Waals surface area contributed by atoms with Crippen LogP contribution in [0.1, 0.15) is 30.9 Å². The van der Waals surface area contributed by atoms with Crippen molar-refractivity contribution in [3.05, 3.63) is 93.6 Å². The van der Waals surface area contributed by atoms with Crippen molar-refractivity contribution in [3.63, 3.8) is 0 Å². The van der Waals surface area contributed by atoms with E-state index in [-0.39, 0.29) is 11.3 Å². The molecule has 31 heavy (non-hydrogen) atoms. The number of halogens is 1. The molecule has 1 atom stereocenters. The molecule has 3 aromatic rings. The number of anilines is 1. The topological polar surface area (TPSA) is 75.3 Å². The van der Waals surface area contributed by atoms with Gasteiger partial charge in [-0.05, 0) is 82.5 Å². The molecule has 0 bridgehead atoms. The van der Waals surface area contributed by atoms with Crippen LogP contribution in [0.5, 0.6) is 0 Å². The van der Waals surface area contributed by atoms with Crippen molar-refractivity contribution < 1.29 is 13.2 Å². The second-order valence-corrected chi connectivity index (χ2v) is 10.5. The predicted molar refractivity (Wildman–Crippen MR) is 133 cm³/mol. The molecule has 0 heterocycles. The monoisotopic (exact) mass is 548 g/mol. The van der Waals surface area contributed by atoms with Crippen LogP contribution in [0.15, 0.2) is 83.8 Å². The number of sulfonamides is 1. The molecule has 0 unspecified atom stereocenters. The van der Waals surface area contributed by atoms with Gasteiger partial charge in [-0.1, -0.05) is 56.3 Å². The second kappa shape index (κ2) is 10.4. The molecule has 3 rings (SSSR count). The van der Waals surface area contributed by atoms with Crippen LogP contribution in [0.4, 0.5) is 5.69 Å². The molecule has 7 heteroatoms. The number of amides is 1. The number of carbonyl (C=O) groups excluding carboxylic acids is 1. The molecule has 2 N–H and O–H groups in total. The van der Waals surface area contributed by atoms with Crippen molar-refractivity contribution in [2.45, 2.75) is 37.1 Å². The highest BCUT2D eigenvalue weighted by Crippen LogP contribution is 2.18. The number of hydrogen-bond donors (Lipinski definition) is 2. The summed E-state index contributed by atoms with van der Waals surface area (Å²) in [5, 5.41) is 2.84. The zero-order chi connectivity index (χ0) is 22.4. The van der Waals surface area contributed by atoms with E-state index in [0.717, 1.165) is 9.13 Å². The highest BCUT2D eigenvalue weighted by molar-refractivity contribution is 14.1. The standard InChI is InChI=1S/C24H25IN2O3S/c1-17(2)19-8-12-21(13-9-19)26-24(28)23(16-18-6-4-3-5-7-18)27-31(29,30)22-14-10-20(25)11-15-22/h3-15,17,23,27H,16H2,1-2H3,(H,26,28)/t23-/m0/s1. The Balaban J connectivity index is 1.83.